The summed E-state index contributed by atoms with van der Waals surface area (Å²) < 4.78 is 0.975. The van der Waals surface area contributed by atoms with E-state index < -0.39 is 0 Å². The standard InChI is InChI=1S/C13H18BrN3O/c1-13(2,8-15-3)17-11-6-9(14)4-5-10(11)16-7-12(17)18/h4-6,15-16H,7-8H2,1-3H3. The number of amides is 1. The van der Waals surface area contributed by atoms with Crippen molar-refractivity contribution in [2.45, 2.75) is 19.4 Å². The number of hydrogen-bond acceptors (Lipinski definition) is 3. The van der Waals surface area contributed by atoms with Gasteiger partial charge in [0, 0.05) is 11.0 Å². The van der Waals surface area contributed by atoms with E-state index >= 15 is 0 Å². The van der Waals surface area contributed by atoms with Crippen molar-refractivity contribution >= 4 is 33.2 Å². The summed E-state index contributed by atoms with van der Waals surface area (Å²) in [5, 5.41) is 6.30. The van der Waals surface area contributed by atoms with Crippen LogP contribution in [0.4, 0.5) is 11.4 Å². The van der Waals surface area contributed by atoms with E-state index in [9.17, 15) is 4.79 Å². The third-order valence-corrected chi connectivity index (χ3v) is 3.59. The van der Waals surface area contributed by atoms with E-state index in [2.05, 4.69) is 40.4 Å². The Morgan fingerprint density at radius 2 is 2.22 bits per heavy atom. The molecule has 0 spiro atoms. The monoisotopic (exact) mass is 311 g/mol. The topological polar surface area (TPSA) is 44.4 Å². The summed E-state index contributed by atoms with van der Waals surface area (Å²) in [6.45, 7) is 5.22. The van der Waals surface area contributed by atoms with Crippen LogP contribution in [0.5, 0.6) is 0 Å². The average Bonchev–Trinajstić information content (AvgIpc) is 2.27. The Labute approximate surface area is 116 Å². The van der Waals surface area contributed by atoms with Crippen molar-refractivity contribution in [2.24, 2.45) is 0 Å². The van der Waals surface area contributed by atoms with E-state index in [1.165, 1.54) is 0 Å². The molecule has 1 aromatic carbocycles. The molecule has 1 amide bonds. The number of fused-ring (bicyclic) bond motifs is 1. The van der Waals surface area contributed by atoms with E-state index in [4.69, 9.17) is 0 Å². The first-order chi connectivity index (χ1) is 8.45. The van der Waals surface area contributed by atoms with Crippen LogP contribution in [0.25, 0.3) is 0 Å². The molecular formula is C13H18BrN3O. The molecule has 2 rings (SSSR count). The summed E-state index contributed by atoms with van der Waals surface area (Å²) in [6, 6.07) is 5.95. The van der Waals surface area contributed by atoms with Crippen molar-refractivity contribution in [3.63, 3.8) is 0 Å². The molecule has 98 valence electrons. The molecule has 0 saturated heterocycles. The zero-order chi connectivity index (χ0) is 13.3. The molecule has 4 nitrogen and oxygen atoms in total. The number of hydrogen-bond donors (Lipinski definition) is 2. The second-order valence-corrected chi connectivity index (χ2v) is 6.00. The Kier molecular flexibility index (Phi) is 3.64. The predicted molar refractivity (Wildman–Crippen MR) is 78.1 cm³/mol. The Morgan fingerprint density at radius 3 is 2.89 bits per heavy atom. The molecule has 1 aliphatic rings. The molecule has 0 fully saturated rings. The summed E-state index contributed by atoms with van der Waals surface area (Å²) in [5.41, 5.74) is 1.67. The van der Waals surface area contributed by atoms with E-state index in [1.54, 1.807) is 0 Å². The maximum atomic E-state index is 12.2. The van der Waals surface area contributed by atoms with Crippen LogP contribution in [-0.4, -0.2) is 31.6 Å². The number of nitrogens with one attached hydrogen (secondary N) is 2. The van der Waals surface area contributed by atoms with E-state index in [-0.39, 0.29) is 11.4 Å². The van der Waals surface area contributed by atoms with Gasteiger partial charge in [-0.25, -0.2) is 0 Å². The largest absolute Gasteiger partial charge is 0.374 e. The number of likely N-dealkylation sites (N-methyl/N-ethyl adjacent to an activating group) is 1. The zero-order valence-electron chi connectivity index (χ0n) is 10.9. The molecular weight excluding hydrogens is 294 g/mol. The molecule has 0 radical (unpaired) electrons. The molecule has 0 aliphatic carbocycles. The minimum Gasteiger partial charge on any atom is -0.374 e. The minimum absolute atomic E-state index is 0.0980. The quantitative estimate of drug-likeness (QED) is 0.899. The van der Waals surface area contributed by atoms with Gasteiger partial charge in [-0.1, -0.05) is 15.9 Å². The minimum atomic E-state index is -0.260. The molecule has 0 aromatic heterocycles. The van der Waals surface area contributed by atoms with Gasteiger partial charge in [-0.3, -0.25) is 4.79 Å². The molecule has 2 N–H and O–H groups in total. The number of carbonyl (C=O) groups excluding carboxylic acids is 1. The third-order valence-electron chi connectivity index (χ3n) is 3.09. The van der Waals surface area contributed by atoms with Crippen LogP contribution in [0.3, 0.4) is 0 Å². The van der Waals surface area contributed by atoms with Gasteiger partial charge in [0.1, 0.15) is 0 Å². The van der Waals surface area contributed by atoms with Crippen molar-refractivity contribution in [2.75, 3.05) is 30.4 Å². The van der Waals surface area contributed by atoms with Crippen molar-refractivity contribution in [3.8, 4) is 0 Å². The van der Waals surface area contributed by atoms with Crippen molar-refractivity contribution in [1.82, 2.24) is 5.32 Å². The SMILES string of the molecule is CNCC(C)(C)N1C(=O)CNc2ccc(Br)cc21. The van der Waals surface area contributed by atoms with Crippen LogP contribution in [0.2, 0.25) is 0 Å². The van der Waals surface area contributed by atoms with Crippen LogP contribution in [0.1, 0.15) is 13.8 Å². The lowest BCUT2D eigenvalue weighted by Gasteiger charge is -2.42. The second-order valence-electron chi connectivity index (χ2n) is 5.09. The van der Waals surface area contributed by atoms with Crippen LogP contribution in [-0.2, 0) is 4.79 Å². The number of nitrogens with zero attached hydrogens (tertiary/aromatic N) is 1. The molecule has 18 heavy (non-hydrogen) atoms. The first kappa shape index (κ1) is 13.4. The number of halogens is 1. The molecule has 1 aromatic rings. The van der Waals surface area contributed by atoms with Crippen LogP contribution >= 0.6 is 15.9 Å². The fourth-order valence-corrected chi connectivity index (χ4v) is 2.75. The van der Waals surface area contributed by atoms with Gasteiger partial charge in [0.2, 0.25) is 5.91 Å². The second kappa shape index (κ2) is 4.90. The number of rotatable bonds is 3. The number of carbonyl (C=O) groups is 1. The molecule has 1 aliphatic heterocycles. The highest BCUT2D eigenvalue weighted by atomic mass is 79.9. The van der Waals surface area contributed by atoms with Gasteiger partial charge in [0.05, 0.1) is 23.5 Å². The van der Waals surface area contributed by atoms with Crippen molar-refractivity contribution in [1.29, 1.82) is 0 Å². The van der Waals surface area contributed by atoms with E-state index in [0.717, 1.165) is 22.4 Å². The van der Waals surface area contributed by atoms with Gasteiger partial charge >= 0.3 is 0 Å². The normalized spacial score (nSPS) is 15.3. The Hall–Kier alpha value is -1.07. The highest BCUT2D eigenvalue weighted by Crippen LogP contribution is 2.36. The molecule has 1 heterocycles. The zero-order valence-corrected chi connectivity index (χ0v) is 12.5. The van der Waals surface area contributed by atoms with Crippen LogP contribution < -0.4 is 15.5 Å². The molecule has 0 unspecified atom stereocenters. The first-order valence-corrected chi connectivity index (χ1v) is 6.76. The highest BCUT2D eigenvalue weighted by Gasteiger charge is 2.35. The fourth-order valence-electron chi connectivity index (χ4n) is 2.40. The van der Waals surface area contributed by atoms with Crippen molar-refractivity contribution in [3.05, 3.63) is 22.7 Å². The van der Waals surface area contributed by atoms with Gasteiger partial charge in [-0.05, 0) is 39.1 Å². The number of anilines is 2. The fraction of sp³-hybridized carbons (Fsp3) is 0.462. The van der Waals surface area contributed by atoms with E-state index in [1.807, 2.05) is 30.1 Å². The van der Waals surface area contributed by atoms with Gasteiger partial charge < -0.3 is 15.5 Å². The molecule has 0 atom stereocenters. The summed E-state index contributed by atoms with van der Waals surface area (Å²) in [6.07, 6.45) is 0. The van der Waals surface area contributed by atoms with E-state index in [0.29, 0.717) is 6.54 Å². The molecule has 0 bridgehead atoms. The van der Waals surface area contributed by atoms with Gasteiger partial charge in [0.25, 0.3) is 0 Å². The van der Waals surface area contributed by atoms with Crippen molar-refractivity contribution < 1.29 is 4.79 Å². The Balaban J connectivity index is 2.47. The lowest BCUT2D eigenvalue weighted by Crippen LogP contribution is -2.56. The predicted octanol–water partition coefficient (Wildman–Crippen LogP) is 2.21. The highest BCUT2D eigenvalue weighted by molar-refractivity contribution is 9.10. The smallest absolute Gasteiger partial charge is 0.246 e. The van der Waals surface area contributed by atoms with Gasteiger partial charge in [0.15, 0.2) is 0 Å². The lowest BCUT2D eigenvalue weighted by molar-refractivity contribution is -0.118. The summed E-state index contributed by atoms with van der Waals surface area (Å²) >= 11 is 3.46. The first-order valence-electron chi connectivity index (χ1n) is 5.97. The van der Waals surface area contributed by atoms with Gasteiger partial charge in [-0.15, -0.1) is 0 Å². The lowest BCUT2D eigenvalue weighted by atomic mass is 9.99. The average molecular weight is 312 g/mol. The third kappa shape index (κ3) is 2.37. The summed E-state index contributed by atoms with van der Waals surface area (Å²) in [5.74, 6) is 0.0980. The maximum absolute atomic E-state index is 12.2. The van der Waals surface area contributed by atoms with Crippen LogP contribution in [0, 0.1) is 0 Å². The summed E-state index contributed by atoms with van der Waals surface area (Å²) in [7, 11) is 1.90. The molecule has 0 saturated carbocycles. The number of benzene rings is 1. The maximum Gasteiger partial charge on any atom is 0.246 e. The Morgan fingerprint density at radius 1 is 1.50 bits per heavy atom. The summed E-state index contributed by atoms with van der Waals surface area (Å²) in [4.78, 5) is 14.1. The van der Waals surface area contributed by atoms with Gasteiger partial charge in [-0.2, -0.15) is 0 Å². The molecule has 5 heteroatoms. The van der Waals surface area contributed by atoms with Crippen LogP contribution in [0.15, 0.2) is 22.7 Å². The Bertz CT molecular complexity index is 473.